The van der Waals surface area contributed by atoms with Gasteiger partial charge in [0.15, 0.2) is 0 Å². The minimum absolute atomic E-state index is 0.280. The summed E-state index contributed by atoms with van der Waals surface area (Å²) in [6, 6.07) is 12.3. The van der Waals surface area contributed by atoms with Gasteiger partial charge in [0.25, 0.3) is 0 Å². The molecule has 0 N–H and O–H groups in total. The van der Waals surface area contributed by atoms with Crippen LogP contribution in [0.5, 0.6) is 0 Å². The van der Waals surface area contributed by atoms with Gasteiger partial charge in [0.1, 0.15) is 5.82 Å². The van der Waals surface area contributed by atoms with Gasteiger partial charge in [-0.15, -0.1) is 0 Å². The lowest BCUT2D eigenvalue weighted by Crippen LogP contribution is -1.89. The third-order valence-electron chi connectivity index (χ3n) is 3.01. The number of fused-ring (bicyclic) bond motifs is 1. The van der Waals surface area contributed by atoms with Crippen LogP contribution in [0.25, 0.3) is 15.8 Å². The number of nitrogens with zero attached hydrogens (tertiary/aromatic N) is 1. The van der Waals surface area contributed by atoms with E-state index in [1.54, 1.807) is 18.2 Å². The highest BCUT2D eigenvalue weighted by atomic mass is 35.5. The number of hydrogen-bond acceptors (Lipinski definition) is 1. The number of halogens is 2. The van der Waals surface area contributed by atoms with E-state index in [0.29, 0.717) is 28.0 Å². The number of benzene rings is 2. The summed E-state index contributed by atoms with van der Waals surface area (Å²) in [7, 11) is 0. The summed E-state index contributed by atoms with van der Waals surface area (Å²) in [5.41, 5.74) is 1.25. The zero-order valence-corrected chi connectivity index (χ0v) is 11.3. The van der Waals surface area contributed by atoms with Gasteiger partial charge in [0.2, 0.25) is 0 Å². The predicted molar refractivity (Wildman–Crippen MR) is 77.2 cm³/mol. The molecule has 0 aliphatic heterocycles. The molecule has 3 heteroatoms. The Bertz CT molecular complexity index is 683. The first-order valence-electron chi connectivity index (χ1n) is 6.15. The normalized spacial score (nSPS) is 12.1. The lowest BCUT2D eigenvalue weighted by atomic mass is 10.0. The van der Waals surface area contributed by atoms with E-state index >= 15 is 0 Å². The van der Waals surface area contributed by atoms with Crippen molar-refractivity contribution in [1.82, 2.24) is 0 Å². The van der Waals surface area contributed by atoms with Crippen molar-refractivity contribution in [3.8, 4) is 6.07 Å². The van der Waals surface area contributed by atoms with Crippen LogP contribution >= 0.6 is 11.6 Å². The van der Waals surface area contributed by atoms with Gasteiger partial charge in [-0.2, -0.15) is 5.26 Å². The maximum atomic E-state index is 13.7. The smallest absolute Gasteiger partial charge is 0.131 e. The summed E-state index contributed by atoms with van der Waals surface area (Å²) in [4.78, 5) is 0. The van der Waals surface area contributed by atoms with Crippen molar-refractivity contribution >= 4 is 27.4 Å². The van der Waals surface area contributed by atoms with Crippen molar-refractivity contribution in [3.63, 3.8) is 0 Å². The maximum Gasteiger partial charge on any atom is 0.131 e. The molecule has 0 saturated carbocycles. The molecule has 0 atom stereocenters. The number of rotatable bonds is 3. The van der Waals surface area contributed by atoms with Gasteiger partial charge in [-0.1, -0.05) is 49.2 Å². The van der Waals surface area contributed by atoms with Crippen LogP contribution < -0.4 is 0 Å². The molecular weight excluding hydrogens is 261 g/mol. The van der Waals surface area contributed by atoms with Crippen LogP contribution in [0, 0.1) is 17.1 Å². The van der Waals surface area contributed by atoms with Crippen LogP contribution in [0.1, 0.15) is 25.3 Å². The van der Waals surface area contributed by atoms with Crippen molar-refractivity contribution < 1.29 is 4.39 Å². The van der Waals surface area contributed by atoms with Crippen LogP contribution in [0.4, 0.5) is 4.39 Å². The van der Waals surface area contributed by atoms with Crippen LogP contribution in [0.3, 0.4) is 0 Å². The standard InChI is InChI=1S/C16H13ClFN/c1-2-5-11(10-19)16(17)14-8-9-15(18)13-7-4-3-6-12(13)14/h3-4,6-9H,2,5H2,1H3/b16-11-. The summed E-state index contributed by atoms with van der Waals surface area (Å²) < 4.78 is 13.7. The Morgan fingerprint density at radius 3 is 2.53 bits per heavy atom. The first-order chi connectivity index (χ1) is 9.19. The van der Waals surface area contributed by atoms with Gasteiger partial charge in [-0.05, 0) is 23.9 Å². The second-order valence-electron chi connectivity index (χ2n) is 4.29. The summed E-state index contributed by atoms with van der Waals surface area (Å²) in [5.74, 6) is -0.280. The number of nitriles is 1. The van der Waals surface area contributed by atoms with E-state index in [2.05, 4.69) is 6.07 Å². The summed E-state index contributed by atoms with van der Waals surface area (Å²) >= 11 is 6.32. The number of hydrogen-bond donors (Lipinski definition) is 0. The summed E-state index contributed by atoms with van der Waals surface area (Å²) in [5, 5.41) is 10.8. The van der Waals surface area contributed by atoms with E-state index in [1.807, 2.05) is 19.1 Å². The fraction of sp³-hybridized carbons (Fsp3) is 0.188. The first-order valence-corrected chi connectivity index (χ1v) is 6.53. The zero-order valence-electron chi connectivity index (χ0n) is 10.6. The average Bonchev–Trinajstić information content (AvgIpc) is 2.45. The molecule has 0 spiro atoms. The van der Waals surface area contributed by atoms with Gasteiger partial charge >= 0.3 is 0 Å². The highest BCUT2D eigenvalue weighted by Gasteiger charge is 2.11. The lowest BCUT2D eigenvalue weighted by molar-refractivity contribution is 0.640. The van der Waals surface area contributed by atoms with E-state index in [4.69, 9.17) is 16.9 Å². The molecule has 0 amide bonds. The molecule has 0 radical (unpaired) electrons. The lowest BCUT2D eigenvalue weighted by Gasteiger charge is -2.08. The van der Waals surface area contributed by atoms with Gasteiger partial charge in [0.05, 0.1) is 11.1 Å². The molecule has 0 heterocycles. The van der Waals surface area contributed by atoms with Crippen molar-refractivity contribution in [3.05, 3.63) is 53.4 Å². The maximum absolute atomic E-state index is 13.7. The van der Waals surface area contributed by atoms with Gasteiger partial charge in [-0.25, -0.2) is 4.39 Å². The average molecular weight is 274 g/mol. The molecule has 2 rings (SSSR count). The topological polar surface area (TPSA) is 23.8 Å². The summed E-state index contributed by atoms with van der Waals surface area (Å²) in [6.45, 7) is 1.99. The molecule has 0 aromatic heterocycles. The molecule has 0 aliphatic carbocycles. The van der Waals surface area contributed by atoms with E-state index in [0.717, 1.165) is 11.8 Å². The highest BCUT2D eigenvalue weighted by Crippen LogP contribution is 2.32. The highest BCUT2D eigenvalue weighted by molar-refractivity contribution is 6.50. The Kier molecular flexibility index (Phi) is 4.19. The Morgan fingerprint density at radius 1 is 1.21 bits per heavy atom. The van der Waals surface area contributed by atoms with E-state index in [-0.39, 0.29) is 5.82 Å². The fourth-order valence-electron chi connectivity index (χ4n) is 2.08. The second-order valence-corrected chi connectivity index (χ2v) is 4.67. The van der Waals surface area contributed by atoms with Crippen molar-refractivity contribution in [2.45, 2.75) is 19.8 Å². The SMILES string of the molecule is CCC/C(C#N)=C(/Cl)c1ccc(F)c2ccccc12. The van der Waals surface area contributed by atoms with E-state index in [9.17, 15) is 4.39 Å². The van der Waals surface area contributed by atoms with Crippen LogP contribution in [0.2, 0.25) is 0 Å². The first kappa shape index (κ1) is 13.6. The fourth-order valence-corrected chi connectivity index (χ4v) is 2.38. The van der Waals surface area contributed by atoms with E-state index < -0.39 is 0 Å². The van der Waals surface area contributed by atoms with Crippen LogP contribution in [-0.4, -0.2) is 0 Å². The second kappa shape index (κ2) is 5.86. The molecule has 0 bridgehead atoms. The largest absolute Gasteiger partial charge is 0.206 e. The molecule has 0 saturated heterocycles. The molecule has 2 aromatic rings. The predicted octanol–water partition coefficient (Wildman–Crippen LogP) is 5.25. The third kappa shape index (κ3) is 2.62. The molecule has 0 unspecified atom stereocenters. The summed E-state index contributed by atoms with van der Waals surface area (Å²) in [6.07, 6.45) is 1.47. The molecule has 96 valence electrons. The molecule has 2 aromatic carbocycles. The Hall–Kier alpha value is -1.85. The van der Waals surface area contributed by atoms with Crippen molar-refractivity contribution in [1.29, 1.82) is 5.26 Å². The van der Waals surface area contributed by atoms with Crippen LogP contribution in [0.15, 0.2) is 42.0 Å². The van der Waals surface area contributed by atoms with Crippen molar-refractivity contribution in [2.24, 2.45) is 0 Å². The quantitative estimate of drug-likeness (QED) is 0.701. The van der Waals surface area contributed by atoms with Crippen molar-refractivity contribution in [2.75, 3.05) is 0 Å². The molecule has 0 fully saturated rings. The van der Waals surface area contributed by atoms with Crippen LogP contribution in [-0.2, 0) is 0 Å². The molecule has 19 heavy (non-hydrogen) atoms. The Balaban J connectivity index is 2.70. The minimum atomic E-state index is -0.280. The van der Waals surface area contributed by atoms with Gasteiger partial charge in [-0.3, -0.25) is 0 Å². The number of allylic oxidation sites excluding steroid dienone is 1. The molecular formula is C16H13ClFN. The monoisotopic (exact) mass is 273 g/mol. The Labute approximate surface area is 116 Å². The minimum Gasteiger partial charge on any atom is -0.206 e. The molecule has 0 aliphatic rings. The van der Waals surface area contributed by atoms with Gasteiger partial charge < -0.3 is 0 Å². The van der Waals surface area contributed by atoms with E-state index in [1.165, 1.54) is 6.07 Å². The molecule has 1 nitrogen and oxygen atoms in total. The third-order valence-corrected chi connectivity index (χ3v) is 3.44. The van der Waals surface area contributed by atoms with Gasteiger partial charge in [0, 0.05) is 16.5 Å². The Morgan fingerprint density at radius 2 is 1.89 bits per heavy atom. The zero-order chi connectivity index (χ0) is 13.8.